The van der Waals surface area contributed by atoms with E-state index in [1.165, 1.54) is 11.8 Å². The number of amides is 1. The zero-order valence-electron chi connectivity index (χ0n) is 14.6. The van der Waals surface area contributed by atoms with Gasteiger partial charge in [0.05, 0.1) is 26.3 Å². The zero-order chi connectivity index (χ0) is 19.0. The molecule has 1 unspecified atom stereocenters. The van der Waals surface area contributed by atoms with Crippen LogP contribution in [0.15, 0.2) is 63.5 Å². The maximum Gasteiger partial charge on any atom is 0.274 e. The van der Waals surface area contributed by atoms with Crippen LogP contribution >= 0.6 is 11.8 Å². The highest BCUT2D eigenvalue weighted by atomic mass is 32.2. The van der Waals surface area contributed by atoms with Crippen LogP contribution < -0.4 is 25.8 Å². The first-order chi connectivity index (χ1) is 13.1. The van der Waals surface area contributed by atoms with Crippen molar-refractivity contribution in [1.82, 2.24) is 5.32 Å². The number of nitrogens with one attached hydrogen (secondary N) is 2. The van der Waals surface area contributed by atoms with Crippen molar-refractivity contribution in [2.24, 2.45) is 15.7 Å². The number of nitrogens with zero attached hydrogens (tertiary/aromatic N) is 2. The first kappa shape index (κ1) is 17.2. The van der Waals surface area contributed by atoms with Crippen LogP contribution in [0.5, 0.6) is 11.5 Å². The van der Waals surface area contributed by atoms with Crippen molar-refractivity contribution < 1.29 is 14.3 Å². The molecule has 4 rings (SSSR count). The Balaban J connectivity index is 1.69. The molecule has 2 heterocycles. The second-order valence-corrected chi connectivity index (χ2v) is 7.06. The van der Waals surface area contributed by atoms with E-state index in [1.54, 1.807) is 20.6 Å². The van der Waals surface area contributed by atoms with Gasteiger partial charge in [-0.3, -0.25) is 4.79 Å². The average Bonchev–Trinajstić information content (AvgIpc) is 3.05. The fraction of sp³-hybridized carbons (Fsp3) is 0.167. The summed E-state index contributed by atoms with van der Waals surface area (Å²) in [5.41, 5.74) is 8.56. The Morgan fingerprint density at radius 2 is 2.07 bits per heavy atom. The average molecular weight is 383 g/mol. The molecule has 0 aromatic heterocycles. The fourth-order valence-corrected chi connectivity index (χ4v) is 4.09. The molecule has 2 aliphatic heterocycles. The van der Waals surface area contributed by atoms with Gasteiger partial charge in [-0.15, -0.1) is 0 Å². The quantitative estimate of drug-likeness (QED) is 0.714. The number of thioether (sulfide) groups is 1. The third-order valence-electron chi connectivity index (χ3n) is 4.25. The molecule has 0 bridgehead atoms. The summed E-state index contributed by atoms with van der Waals surface area (Å²) in [7, 11) is 3.18. The van der Waals surface area contributed by atoms with E-state index in [0.717, 1.165) is 17.0 Å². The normalized spacial score (nSPS) is 22.3. The Bertz CT molecular complexity index is 979. The molecule has 1 aromatic carbocycles. The molecule has 0 saturated heterocycles. The van der Waals surface area contributed by atoms with Crippen LogP contribution in [0.2, 0.25) is 0 Å². The van der Waals surface area contributed by atoms with Gasteiger partial charge in [-0.05, 0) is 24.3 Å². The maximum absolute atomic E-state index is 11.6. The second kappa shape index (κ2) is 6.51. The first-order valence-corrected chi connectivity index (χ1v) is 8.88. The summed E-state index contributed by atoms with van der Waals surface area (Å²) in [6.45, 7) is 0. The van der Waals surface area contributed by atoms with E-state index in [9.17, 15) is 4.79 Å². The third-order valence-corrected chi connectivity index (χ3v) is 5.58. The lowest BCUT2D eigenvalue weighted by molar-refractivity contribution is -0.111. The third kappa shape index (κ3) is 2.85. The van der Waals surface area contributed by atoms with E-state index in [2.05, 4.69) is 20.6 Å². The topological polar surface area (TPSA) is 110 Å². The van der Waals surface area contributed by atoms with E-state index >= 15 is 0 Å². The Labute approximate surface area is 159 Å². The number of primary amides is 1. The van der Waals surface area contributed by atoms with Gasteiger partial charge in [-0.2, -0.15) is 0 Å². The van der Waals surface area contributed by atoms with Gasteiger partial charge in [-0.25, -0.2) is 9.98 Å². The van der Waals surface area contributed by atoms with Crippen LogP contribution in [0.25, 0.3) is 0 Å². The number of methoxy groups -OCH3 is 2. The monoisotopic (exact) mass is 383 g/mol. The zero-order valence-corrected chi connectivity index (χ0v) is 15.5. The lowest BCUT2D eigenvalue weighted by atomic mass is 9.96. The van der Waals surface area contributed by atoms with Gasteiger partial charge in [0.15, 0.2) is 21.4 Å². The second-order valence-electron chi connectivity index (χ2n) is 5.88. The number of hydrogen-bond acceptors (Lipinski definition) is 8. The Morgan fingerprint density at radius 1 is 1.26 bits per heavy atom. The van der Waals surface area contributed by atoms with Crippen LogP contribution in [0.3, 0.4) is 0 Å². The number of carbonyl (C=O) groups excluding carboxylic acids is 1. The number of nitrogens with two attached hydrogens (primary N) is 1. The van der Waals surface area contributed by atoms with Gasteiger partial charge in [0, 0.05) is 29.2 Å². The van der Waals surface area contributed by atoms with E-state index < -0.39 is 10.8 Å². The minimum atomic E-state index is -0.765. The molecule has 1 spiro atoms. The number of anilines is 1. The van der Waals surface area contributed by atoms with Gasteiger partial charge in [0.2, 0.25) is 0 Å². The van der Waals surface area contributed by atoms with Crippen LogP contribution in [0, 0.1) is 0 Å². The number of aliphatic imine (C=N–C) groups is 2. The number of rotatable bonds is 5. The number of benzene rings is 1. The minimum absolute atomic E-state index is 0.243. The van der Waals surface area contributed by atoms with E-state index in [0.29, 0.717) is 17.2 Å². The fourth-order valence-electron chi connectivity index (χ4n) is 3.01. The summed E-state index contributed by atoms with van der Waals surface area (Å²) >= 11 is 1.25. The van der Waals surface area contributed by atoms with Gasteiger partial charge in [-0.1, -0.05) is 11.8 Å². The summed E-state index contributed by atoms with van der Waals surface area (Å²) in [6.07, 6.45) is 7.24. The molecule has 1 amide bonds. The Morgan fingerprint density at radius 3 is 2.81 bits per heavy atom. The first-order valence-electron chi connectivity index (χ1n) is 8.06. The molecule has 1 atom stereocenters. The molecule has 0 saturated carbocycles. The Kier molecular flexibility index (Phi) is 4.15. The maximum atomic E-state index is 11.6. The molecule has 27 heavy (non-hydrogen) atoms. The minimum Gasteiger partial charge on any atom is -0.493 e. The van der Waals surface area contributed by atoms with E-state index in [-0.39, 0.29) is 5.04 Å². The van der Waals surface area contributed by atoms with Gasteiger partial charge >= 0.3 is 0 Å². The van der Waals surface area contributed by atoms with Crippen molar-refractivity contribution in [3.05, 3.63) is 53.5 Å². The summed E-state index contributed by atoms with van der Waals surface area (Å²) in [6, 6.07) is 5.55. The van der Waals surface area contributed by atoms with Crippen molar-refractivity contribution >= 4 is 34.7 Å². The lowest BCUT2D eigenvalue weighted by Crippen LogP contribution is -2.33. The smallest absolute Gasteiger partial charge is 0.274 e. The van der Waals surface area contributed by atoms with Crippen LogP contribution in [0.4, 0.5) is 5.69 Å². The molecule has 0 fully saturated rings. The lowest BCUT2D eigenvalue weighted by Gasteiger charge is -2.31. The van der Waals surface area contributed by atoms with E-state index in [4.69, 9.17) is 15.2 Å². The number of allylic oxidation sites excluding steroid dienone is 1. The van der Waals surface area contributed by atoms with Gasteiger partial charge < -0.3 is 25.8 Å². The van der Waals surface area contributed by atoms with Crippen molar-refractivity contribution in [3.8, 4) is 11.5 Å². The molecule has 3 aliphatic rings. The molecule has 1 aliphatic carbocycles. The highest BCUT2D eigenvalue weighted by Crippen LogP contribution is 2.51. The standard InChI is InChI=1S/C18H17N5O3S/c1-25-13-4-3-11(6-14(13)26-2)22-12-5-10-8-20-9-21-18(10)15(7-12)23-17(27-18)16(19)24/h3-9,22H,1-2H3,(H2,19,24)(H,20,21). The highest BCUT2D eigenvalue weighted by molar-refractivity contribution is 8.17. The summed E-state index contributed by atoms with van der Waals surface area (Å²) in [5.74, 6) is 0.705. The highest BCUT2D eigenvalue weighted by Gasteiger charge is 2.48. The largest absolute Gasteiger partial charge is 0.493 e. The van der Waals surface area contributed by atoms with Crippen molar-refractivity contribution in [3.63, 3.8) is 0 Å². The van der Waals surface area contributed by atoms with E-state index in [1.807, 2.05) is 36.6 Å². The molecule has 8 nitrogen and oxygen atoms in total. The summed E-state index contributed by atoms with van der Waals surface area (Å²) in [5, 5.41) is 6.55. The van der Waals surface area contributed by atoms with Crippen LogP contribution in [-0.2, 0) is 4.79 Å². The number of ether oxygens (including phenoxy) is 2. The molecule has 1 aromatic rings. The Hall–Kier alpha value is -3.20. The molecular formula is C18H17N5O3S. The molecule has 4 N–H and O–H groups in total. The predicted molar refractivity (Wildman–Crippen MR) is 106 cm³/mol. The summed E-state index contributed by atoms with van der Waals surface area (Å²) in [4.78, 5) is 19.8. The summed E-state index contributed by atoms with van der Waals surface area (Å²) < 4.78 is 10.6. The van der Waals surface area contributed by atoms with Crippen molar-refractivity contribution in [1.29, 1.82) is 0 Å². The van der Waals surface area contributed by atoms with Crippen molar-refractivity contribution in [2.45, 2.75) is 4.87 Å². The van der Waals surface area contributed by atoms with Crippen molar-refractivity contribution in [2.75, 3.05) is 19.5 Å². The molecule has 9 heteroatoms. The predicted octanol–water partition coefficient (Wildman–Crippen LogP) is 1.74. The van der Waals surface area contributed by atoms with Gasteiger partial charge in [0.25, 0.3) is 5.91 Å². The number of carbonyl (C=O) groups is 1. The number of hydrogen-bond donors (Lipinski definition) is 3. The SMILES string of the molecule is COc1ccc(NC2=CC3=CNC=NC34SC(C(N)=O)=NC4=C2)cc1OC. The molecule has 138 valence electrons. The van der Waals surface area contributed by atoms with Gasteiger partial charge in [0.1, 0.15) is 0 Å². The van der Waals surface area contributed by atoms with Crippen LogP contribution in [-0.4, -0.2) is 36.4 Å². The van der Waals surface area contributed by atoms with Crippen LogP contribution in [0.1, 0.15) is 0 Å². The molecular weight excluding hydrogens is 366 g/mol. The molecule has 0 radical (unpaired) electrons.